The Balaban J connectivity index is 1.08. The van der Waals surface area contributed by atoms with Crippen LogP contribution >= 0.6 is 11.6 Å². The zero-order chi connectivity index (χ0) is 24.3. The smallest absolute Gasteiger partial charge is 0.273 e. The largest absolute Gasteiger partial charge is 0.348 e. The first-order chi connectivity index (χ1) is 16.9. The summed E-state index contributed by atoms with van der Waals surface area (Å²) in [5.41, 5.74) is 3.24. The molecule has 2 aliphatic carbocycles. The highest BCUT2D eigenvalue weighted by Gasteiger charge is 2.52. The Labute approximate surface area is 207 Å². The van der Waals surface area contributed by atoms with Crippen LogP contribution in [0.25, 0.3) is 0 Å². The summed E-state index contributed by atoms with van der Waals surface area (Å²) in [5.74, 6) is 1.67. The molecule has 0 unspecified atom stereocenters. The molecular weight excluding hydrogens is 466 g/mol. The molecule has 4 heterocycles. The third kappa shape index (κ3) is 4.07. The van der Waals surface area contributed by atoms with Crippen LogP contribution < -0.4 is 10.2 Å². The van der Waals surface area contributed by atoms with Crippen LogP contribution in [0.2, 0.25) is 5.02 Å². The van der Waals surface area contributed by atoms with Crippen LogP contribution in [0.1, 0.15) is 65.5 Å². The predicted octanol–water partition coefficient (Wildman–Crippen LogP) is 3.30. The number of nitrogens with one attached hydrogen (secondary N) is 1. The Hall–Kier alpha value is -3.33. The highest BCUT2D eigenvalue weighted by molar-refractivity contribution is 6.30. The summed E-state index contributed by atoms with van der Waals surface area (Å²) in [6, 6.07) is 5.52. The fourth-order valence-corrected chi connectivity index (χ4v) is 5.38. The van der Waals surface area contributed by atoms with E-state index in [0.29, 0.717) is 22.7 Å². The van der Waals surface area contributed by atoms with Gasteiger partial charge in [-0.05, 0) is 68.4 Å². The van der Waals surface area contributed by atoms with Gasteiger partial charge in [0.1, 0.15) is 5.82 Å². The molecule has 2 saturated carbocycles. The minimum Gasteiger partial charge on any atom is -0.348 e. The molecule has 9 nitrogen and oxygen atoms in total. The fourth-order valence-electron chi connectivity index (χ4n) is 5.21. The normalized spacial score (nSPS) is 25.7. The van der Waals surface area contributed by atoms with E-state index in [1.807, 2.05) is 26.0 Å². The van der Waals surface area contributed by atoms with Crippen molar-refractivity contribution in [2.75, 3.05) is 11.4 Å². The quantitative estimate of drug-likeness (QED) is 0.567. The van der Waals surface area contributed by atoms with Crippen LogP contribution in [0.4, 0.5) is 5.82 Å². The van der Waals surface area contributed by atoms with E-state index in [0.717, 1.165) is 42.6 Å². The van der Waals surface area contributed by atoms with E-state index < -0.39 is 0 Å². The lowest BCUT2D eigenvalue weighted by Crippen LogP contribution is -2.43. The standard InChI is InChI=1S/C25H26ClN7O2/c1-13-5-23(32-11-16-8-19(16)25(32)35)28-10-20(13)14(2)33-12-22(30-31-33)24(34)29-18-6-15(7-18)21-9-17(26)3-4-27-21/h3-5,9-10,12,14-16,18-19H,6-8,11H2,1-2H3,(H,29,34)/t14-,15-,16+,18+,19+/m0/s1. The van der Waals surface area contributed by atoms with E-state index in [1.54, 1.807) is 34.2 Å². The van der Waals surface area contributed by atoms with Gasteiger partial charge in [-0.3, -0.25) is 19.5 Å². The lowest BCUT2D eigenvalue weighted by molar-refractivity contribution is -0.118. The van der Waals surface area contributed by atoms with Gasteiger partial charge in [-0.1, -0.05) is 16.8 Å². The number of aryl methyl sites for hydroxylation is 1. The van der Waals surface area contributed by atoms with Crippen molar-refractivity contribution in [2.45, 2.75) is 51.1 Å². The van der Waals surface area contributed by atoms with Crippen molar-refractivity contribution in [1.82, 2.24) is 30.3 Å². The van der Waals surface area contributed by atoms with E-state index in [2.05, 4.69) is 25.6 Å². The van der Waals surface area contributed by atoms with Gasteiger partial charge >= 0.3 is 0 Å². The zero-order valence-electron chi connectivity index (χ0n) is 19.6. The van der Waals surface area contributed by atoms with E-state index in [9.17, 15) is 9.59 Å². The number of aromatic nitrogens is 5. The Morgan fingerprint density at radius 2 is 2.06 bits per heavy atom. The second-order valence-electron chi connectivity index (χ2n) is 9.95. The molecule has 0 bridgehead atoms. The Kier molecular flexibility index (Phi) is 5.32. The van der Waals surface area contributed by atoms with Crippen LogP contribution in [0.5, 0.6) is 0 Å². The molecule has 0 spiro atoms. The Morgan fingerprint density at radius 3 is 2.77 bits per heavy atom. The Morgan fingerprint density at radius 1 is 1.23 bits per heavy atom. The van der Waals surface area contributed by atoms with Gasteiger partial charge in [-0.25, -0.2) is 9.67 Å². The maximum Gasteiger partial charge on any atom is 0.273 e. The van der Waals surface area contributed by atoms with Crippen molar-refractivity contribution in [3.63, 3.8) is 0 Å². The number of carbonyl (C=O) groups excluding carboxylic acids is 2. The van der Waals surface area contributed by atoms with Crippen LogP contribution in [0.3, 0.4) is 0 Å². The molecule has 3 aliphatic rings. The van der Waals surface area contributed by atoms with Crippen LogP contribution in [-0.2, 0) is 4.79 Å². The summed E-state index contributed by atoms with van der Waals surface area (Å²) in [7, 11) is 0. The summed E-state index contributed by atoms with van der Waals surface area (Å²) in [5, 5.41) is 12.0. The maximum atomic E-state index is 12.7. The molecule has 2 amide bonds. The number of hydrogen-bond donors (Lipinski definition) is 1. The van der Waals surface area contributed by atoms with Crippen LogP contribution in [0.15, 0.2) is 36.8 Å². The van der Waals surface area contributed by atoms with E-state index in [1.165, 1.54) is 0 Å². The van der Waals surface area contributed by atoms with Crippen LogP contribution in [-0.4, -0.2) is 49.4 Å². The molecule has 6 rings (SSSR count). The molecule has 0 aromatic carbocycles. The number of nitrogens with zero attached hydrogens (tertiary/aromatic N) is 6. The third-order valence-electron chi connectivity index (χ3n) is 7.56. The molecule has 1 saturated heterocycles. The average Bonchev–Trinajstić information content (AvgIpc) is 3.27. The molecule has 3 aromatic rings. The van der Waals surface area contributed by atoms with Crippen LogP contribution in [0, 0.1) is 18.8 Å². The zero-order valence-corrected chi connectivity index (χ0v) is 20.3. The first-order valence-corrected chi connectivity index (χ1v) is 12.4. The average molecular weight is 492 g/mol. The van der Waals surface area contributed by atoms with Gasteiger partial charge in [0.05, 0.1) is 12.2 Å². The first-order valence-electron chi connectivity index (χ1n) is 12.0. The number of rotatable bonds is 6. The van der Waals surface area contributed by atoms with E-state index in [-0.39, 0.29) is 35.5 Å². The van der Waals surface area contributed by atoms with Gasteiger partial charge in [0.15, 0.2) is 5.69 Å². The summed E-state index contributed by atoms with van der Waals surface area (Å²) in [4.78, 5) is 35.9. The predicted molar refractivity (Wildman–Crippen MR) is 129 cm³/mol. The van der Waals surface area contributed by atoms with E-state index >= 15 is 0 Å². The summed E-state index contributed by atoms with van der Waals surface area (Å²) < 4.78 is 1.67. The minimum atomic E-state index is -0.234. The van der Waals surface area contributed by atoms with Gasteiger partial charge in [0, 0.05) is 47.5 Å². The van der Waals surface area contributed by atoms with Crippen molar-refractivity contribution in [2.24, 2.45) is 11.8 Å². The first kappa shape index (κ1) is 22.2. The number of amides is 2. The highest BCUT2D eigenvalue weighted by atomic mass is 35.5. The lowest BCUT2D eigenvalue weighted by Gasteiger charge is -2.35. The summed E-state index contributed by atoms with van der Waals surface area (Å²) >= 11 is 6.06. The molecule has 3 aromatic heterocycles. The molecular formula is C25H26ClN7O2. The fraction of sp³-hybridized carbons (Fsp3) is 0.440. The number of piperidine rings is 1. The number of hydrogen-bond acceptors (Lipinski definition) is 6. The number of pyridine rings is 2. The molecule has 3 fully saturated rings. The molecule has 35 heavy (non-hydrogen) atoms. The second kappa shape index (κ2) is 8.41. The lowest BCUT2D eigenvalue weighted by atomic mass is 9.78. The monoisotopic (exact) mass is 491 g/mol. The number of fused-ring (bicyclic) bond motifs is 1. The Bertz CT molecular complexity index is 1320. The van der Waals surface area contributed by atoms with Gasteiger partial charge < -0.3 is 5.32 Å². The molecule has 1 aliphatic heterocycles. The summed E-state index contributed by atoms with van der Waals surface area (Å²) in [6.45, 7) is 4.76. The van der Waals surface area contributed by atoms with Crippen molar-refractivity contribution >= 4 is 29.2 Å². The van der Waals surface area contributed by atoms with Crippen molar-refractivity contribution in [3.8, 4) is 0 Å². The van der Waals surface area contributed by atoms with Gasteiger partial charge in [0.2, 0.25) is 5.91 Å². The molecule has 3 atom stereocenters. The third-order valence-corrected chi connectivity index (χ3v) is 7.80. The molecule has 10 heteroatoms. The topological polar surface area (TPSA) is 106 Å². The van der Waals surface area contributed by atoms with Crippen molar-refractivity contribution in [3.05, 3.63) is 64.3 Å². The number of anilines is 1. The molecule has 0 radical (unpaired) electrons. The van der Waals surface area contributed by atoms with Gasteiger partial charge in [-0.15, -0.1) is 5.10 Å². The van der Waals surface area contributed by atoms with Gasteiger partial charge in [0.25, 0.3) is 5.91 Å². The van der Waals surface area contributed by atoms with E-state index in [4.69, 9.17) is 11.6 Å². The van der Waals surface area contributed by atoms with Gasteiger partial charge in [-0.2, -0.15) is 0 Å². The second-order valence-corrected chi connectivity index (χ2v) is 10.4. The maximum absolute atomic E-state index is 12.7. The number of carbonyl (C=O) groups is 2. The minimum absolute atomic E-state index is 0.0779. The highest BCUT2D eigenvalue weighted by Crippen LogP contribution is 2.47. The summed E-state index contributed by atoms with van der Waals surface area (Å²) in [6.07, 6.45) is 7.84. The van der Waals surface area contributed by atoms with Crippen molar-refractivity contribution in [1.29, 1.82) is 0 Å². The van der Waals surface area contributed by atoms with Crippen molar-refractivity contribution < 1.29 is 9.59 Å². The molecule has 180 valence electrons. The SMILES string of the molecule is Cc1cc(N2C[C@H]3C[C@H]3C2=O)ncc1[C@H](C)n1cc(C(=O)N[C@H]2C[C@@H](c3cc(Cl)ccn3)C2)nn1. The molecule has 1 N–H and O–H groups in total. The number of halogens is 1.